The molecule has 3 rings (SSSR count). The molecular formula is C18H18IN3OS. The maximum atomic E-state index is 12.3. The third-order valence-electron chi connectivity index (χ3n) is 3.83. The van der Waals surface area contributed by atoms with Gasteiger partial charge in [0.1, 0.15) is 5.01 Å². The van der Waals surface area contributed by atoms with Gasteiger partial charge in [-0.15, -0.1) is 11.3 Å². The standard InChI is InChI=1S/C18H18IN3OS/c1-12(18-21-15-8-3-4-9-16(15)24-18)22(2)11-17(23)20-14-7-5-6-13(19)10-14/h3-10,12H,11H2,1-2H3,(H,20,23). The van der Waals surface area contributed by atoms with E-state index in [1.54, 1.807) is 11.3 Å². The highest BCUT2D eigenvalue weighted by Crippen LogP contribution is 2.28. The molecule has 1 unspecified atom stereocenters. The summed E-state index contributed by atoms with van der Waals surface area (Å²) in [6, 6.07) is 16.0. The summed E-state index contributed by atoms with van der Waals surface area (Å²) in [6.45, 7) is 2.40. The summed E-state index contributed by atoms with van der Waals surface area (Å²) in [7, 11) is 1.95. The third-order valence-corrected chi connectivity index (χ3v) is 5.71. The quantitative estimate of drug-likeness (QED) is 0.580. The van der Waals surface area contributed by atoms with Gasteiger partial charge in [-0.1, -0.05) is 18.2 Å². The Hall–Kier alpha value is -1.51. The van der Waals surface area contributed by atoms with Gasteiger partial charge in [0, 0.05) is 9.26 Å². The fourth-order valence-corrected chi connectivity index (χ4v) is 4.02. The molecule has 1 aromatic heterocycles. The second-order valence-corrected chi connectivity index (χ2v) is 7.98. The van der Waals surface area contributed by atoms with Crippen molar-refractivity contribution >= 4 is 55.7 Å². The van der Waals surface area contributed by atoms with Crippen LogP contribution in [0.3, 0.4) is 0 Å². The van der Waals surface area contributed by atoms with Crippen LogP contribution in [0.5, 0.6) is 0 Å². The molecule has 124 valence electrons. The molecule has 3 aromatic rings. The summed E-state index contributed by atoms with van der Waals surface area (Å²) >= 11 is 3.92. The van der Waals surface area contributed by atoms with Gasteiger partial charge in [-0.25, -0.2) is 4.98 Å². The first-order chi connectivity index (χ1) is 11.5. The maximum Gasteiger partial charge on any atom is 0.238 e. The molecule has 0 saturated carbocycles. The summed E-state index contributed by atoms with van der Waals surface area (Å²) in [6.07, 6.45) is 0. The lowest BCUT2D eigenvalue weighted by Gasteiger charge is -2.22. The Kier molecular flexibility index (Phi) is 5.47. The lowest BCUT2D eigenvalue weighted by Crippen LogP contribution is -2.32. The summed E-state index contributed by atoms with van der Waals surface area (Å²) < 4.78 is 2.28. The molecule has 1 atom stereocenters. The predicted octanol–water partition coefficient (Wildman–Crippen LogP) is 4.53. The van der Waals surface area contributed by atoms with Crippen LogP contribution in [0.2, 0.25) is 0 Å². The highest BCUT2D eigenvalue weighted by atomic mass is 127. The van der Waals surface area contributed by atoms with E-state index in [-0.39, 0.29) is 11.9 Å². The van der Waals surface area contributed by atoms with Crippen molar-refractivity contribution in [2.75, 3.05) is 18.9 Å². The van der Waals surface area contributed by atoms with Crippen molar-refractivity contribution in [3.8, 4) is 0 Å². The summed E-state index contributed by atoms with van der Waals surface area (Å²) in [4.78, 5) is 19.0. The Labute approximate surface area is 159 Å². The van der Waals surface area contributed by atoms with E-state index in [4.69, 9.17) is 0 Å². The molecule has 0 radical (unpaired) electrons. The minimum absolute atomic E-state index is 0.0209. The molecular weight excluding hydrogens is 433 g/mol. The van der Waals surface area contributed by atoms with Crippen LogP contribution in [0.15, 0.2) is 48.5 Å². The van der Waals surface area contributed by atoms with Gasteiger partial charge in [0.15, 0.2) is 0 Å². The largest absolute Gasteiger partial charge is 0.325 e. The number of nitrogens with zero attached hydrogens (tertiary/aromatic N) is 2. The fraction of sp³-hybridized carbons (Fsp3) is 0.222. The van der Waals surface area contributed by atoms with Crippen molar-refractivity contribution in [1.29, 1.82) is 0 Å². The number of benzene rings is 2. The molecule has 0 aliphatic rings. The number of likely N-dealkylation sites (N-methyl/N-ethyl adjacent to an activating group) is 1. The molecule has 6 heteroatoms. The molecule has 2 aromatic carbocycles. The van der Waals surface area contributed by atoms with Crippen molar-refractivity contribution in [1.82, 2.24) is 9.88 Å². The van der Waals surface area contributed by atoms with E-state index in [2.05, 4.69) is 45.9 Å². The van der Waals surface area contributed by atoms with E-state index >= 15 is 0 Å². The van der Waals surface area contributed by atoms with Crippen LogP contribution in [0, 0.1) is 3.57 Å². The van der Waals surface area contributed by atoms with Crippen molar-refractivity contribution in [3.05, 3.63) is 57.1 Å². The highest BCUT2D eigenvalue weighted by Gasteiger charge is 2.18. The average Bonchev–Trinajstić information content (AvgIpc) is 2.97. The van der Waals surface area contributed by atoms with Gasteiger partial charge in [-0.05, 0) is 66.9 Å². The first-order valence-electron chi connectivity index (χ1n) is 7.64. The molecule has 1 amide bonds. The van der Waals surface area contributed by atoms with Gasteiger partial charge in [0.25, 0.3) is 0 Å². The zero-order valence-electron chi connectivity index (χ0n) is 13.5. The molecule has 4 nitrogen and oxygen atoms in total. The monoisotopic (exact) mass is 451 g/mol. The van der Waals surface area contributed by atoms with E-state index in [1.807, 2.05) is 54.4 Å². The minimum Gasteiger partial charge on any atom is -0.325 e. The molecule has 0 fully saturated rings. The molecule has 0 spiro atoms. The number of carbonyl (C=O) groups excluding carboxylic acids is 1. The number of carbonyl (C=O) groups is 1. The number of aromatic nitrogens is 1. The molecule has 24 heavy (non-hydrogen) atoms. The van der Waals surface area contributed by atoms with Crippen LogP contribution in [0.1, 0.15) is 18.0 Å². The van der Waals surface area contributed by atoms with Crippen LogP contribution in [-0.2, 0) is 4.79 Å². The minimum atomic E-state index is -0.0209. The van der Waals surface area contributed by atoms with Crippen LogP contribution < -0.4 is 5.32 Å². The smallest absolute Gasteiger partial charge is 0.238 e. The predicted molar refractivity (Wildman–Crippen MR) is 108 cm³/mol. The van der Waals surface area contributed by atoms with Crippen molar-refractivity contribution < 1.29 is 4.79 Å². The maximum absolute atomic E-state index is 12.3. The molecule has 0 saturated heterocycles. The third kappa shape index (κ3) is 4.12. The summed E-state index contributed by atoms with van der Waals surface area (Å²) in [5, 5.41) is 3.97. The molecule has 1 N–H and O–H groups in total. The number of hydrogen-bond acceptors (Lipinski definition) is 4. The zero-order chi connectivity index (χ0) is 17.1. The number of thiazole rings is 1. The molecule has 0 aliphatic heterocycles. The fourth-order valence-electron chi connectivity index (χ4n) is 2.39. The average molecular weight is 451 g/mol. The second kappa shape index (κ2) is 7.58. The van der Waals surface area contributed by atoms with Crippen molar-refractivity contribution in [2.45, 2.75) is 13.0 Å². The normalized spacial score (nSPS) is 12.5. The number of anilines is 1. The van der Waals surface area contributed by atoms with Crippen LogP contribution in [-0.4, -0.2) is 29.4 Å². The number of nitrogens with one attached hydrogen (secondary N) is 1. The Balaban J connectivity index is 1.65. The lowest BCUT2D eigenvalue weighted by molar-refractivity contribution is -0.117. The Bertz CT molecular complexity index is 831. The number of halogens is 1. The zero-order valence-corrected chi connectivity index (χ0v) is 16.5. The van der Waals surface area contributed by atoms with E-state index < -0.39 is 0 Å². The van der Waals surface area contributed by atoms with Crippen molar-refractivity contribution in [2.24, 2.45) is 0 Å². The molecule has 0 aliphatic carbocycles. The van der Waals surface area contributed by atoms with E-state index in [0.29, 0.717) is 6.54 Å². The SMILES string of the molecule is CC(c1nc2ccccc2s1)N(C)CC(=O)Nc1cccc(I)c1. The van der Waals surface area contributed by atoms with E-state index in [0.717, 1.165) is 19.8 Å². The number of para-hydroxylation sites is 1. The summed E-state index contributed by atoms with van der Waals surface area (Å²) in [5.41, 5.74) is 1.84. The van der Waals surface area contributed by atoms with Crippen LogP contribution in [0.25, 0.3) is 10.2 Å². The highest BCUT2D eigenvalue weighted by molar-refractivity contribution is 14.1. The number of amides is 1. The summed E-state index contributed by atoms with van der Waals surface area (Å²) in [5.74, 6) is -0.0209. The van der Waals surface area contributed by atoms with E-state index in [1.165, 1.54) is 4.70 Å². The first kappa shape index (κ1) is 17.3. The lowest BCUT2D eigenvalue weighted by atomic mass is 10.3. The Morgan fingerprint density at radius 3 is 2.83 bits per heavy atom. The van der Waals surface area contributed by atoms with Gasteiger partial charge in [0.2, 0.25) is 5.91 Å². The number of fused-ring (bicyclic) bond motifs is 1. The Morgan fingerprint density at radius 2 is 2.08 bits per heavy atom. The van der Waals surface area contributed by atoms with Gasteiger partial charge < -0.3 is 5.32 Å². The number of rotatable bonds is 5. The topological polar surface area (TPSA) is 45.2 Å². The van der Waals surface area contributed by atoms with Crippen LogP contribution >= 0.6 is 33.9 Å². The van der Waals surface area contributed by atoms with Gasteiger partial charge >= 0.3 is 0 Å². The van der Waals surface area contributed by atoms with Gasteiger partial charge in [-0.3, -0.25) is 9.69 Å². The second-order valence-electron chi connectivity index (χ2n) is 5.67. The molecule has 1 heterocycles. The first-order valence-corrected chi connectivity index (χ1v) is 9.53. The van der Waals surface area contributed by atoms with Crippen LogP contribution in [0.4, 0.5) is 5.69 Å². The van der Waals surface area contributed by atoms with Gasteiger partial charge in [0.05, 0.1) is 22.8 Å². The number of hydrogen-bond donors (Lipinski definition) is 1. The molecule has 0 bridgehead atoms. The van der Waals surface area contributed by atoms with E-state index in [9.17, 15) is 4.79 Å². The van der Waals surface area contributed by atoms with Gasteiger partial charge in [-0.2, -0.15) is 0 Å². The Morgan fingerprint density at radius 1 is 1.29 bits per heavy atom. The van der Waals surface area contributed by atoms with Crippen molar-refractivity contribution in [3.63, 3.8) is 0 Å².